The molecule has 0 saturated carbocycles. The van der Waals surface area contributed by atoms with Gasteiger partial charge in [0.25, 0.3) is 5.91 Å². The Labute approximate surface area is 200 Å². The van der Waals surface area contributed by atoms with Crippen LogP contribution < -0.4 is 5.32 Å². The van der Waals surface area contributed by atoms with E-state index in [1.54, 1.807) is 23.6 Å². The van der Waals surface area contributed by atoms with E-state index < -0.39 is 11.7 Å². The van der Waals surface area contributed by atoms with Crippen molar-refractivity contribution in [2.24, 2.45) is 5.92 Å². The molecule has 0 spiro atoms. The third-order valence-electron chi connectivity index (χ3n) is 5.13. The number of amides is 1. The minimum atomic E-state index is -4.43. The highest BCUT2D eigenvalue weighted by Crippen LogP contribution is 2.30. The fourth-order valence-corrected chi connectivity index (χ4v) is 4.18. The summed E-state index contributed by atoms with van der Waals surface area (Å²) < 4.78 is 52.8. The molecule has 0 bridgehead atoms. The van der Waals surface area contributed by atoms with Gasteiger partial charge in [-0.05, 0) is 41.7 Å². The number of nitrogens with zero attached hydrogens (tertiary/aromatic N) is 2. The average molecular weight is 494 g/mol. The molecule has 1 heterocycles. The van der Waals surface area contributed by atoms with E-state index in [-0.39, 0.29) is 18.3 Å². The van der Waals surface area contributed by atoms with Gasteiger partial charge in [-0.25, -0.2) is 9.37 Å². The van der Waals surface area contributed by atoms with Crippen molar-refractivity contribution < 1.29 is 22.4 Å². The summed E-state index contributed by atoms with van der Waals surface area (Å²) in [5.74, 6) is -0.130. The molecule has 182 valence electrons. The van der Waals surface area contributed by atoms with Crippen molar-refractivity contribution in [1.82, 2.24) is 15.2 Å². The number of halogens is 4. The second-order valence-corrected chi connectivity index (χ2v) is 9.48. The monoisotopic (exact) mass is 493 g/mol. The first-order valence-corrected chi connectivity index (χ1v) is 11.8. The summed E-state index contributed by atoms with van der Waals surface area (Å²) in [5.41, 5.74) is 0.933. The number of carbonyl (C=O) groups is 1. The molecule has 0 unspecified atom stereocenters. The van der Waals surface area contributed by atoms with Gasteiger partial charge in [0.15, 0.2) is 0 Å². The lowest BCUT2D eigenvalue weighted by Crippen LogP contribution is -2.26. The molecule has 1 aromatic heterocycles. The normalized spacial score (nSPS) is 11.9. The number of benzene rings is 2. The summed E-state index contributed by atoms with van der Waals surface area (Å²) in [6.07, 6.45) is -3.56. The minimum absolute atomic E-state index is 0.233. The molecule has 3 rings (SSSR count). The summed E-state index contributed by atoms with van der Waals surface area (Å²) in [5, 5.41) is 5.20. The molecule has 0 fully saturated rings. The van der Waals surface area contributed by atoms with Gasteiger partial charge in [0.2, 0.25) is 0 Å². The zero-order valence-corrected chi connectivity index (χ0v) is 19.8. The summed E-state index contributed by atoms with van der Waals surface area (Å²) in [4.78, 5) is 18.7. The van der Waals surface area contributed by atoms with E-state index in [2.05, 4.69) is 24.1 Å². The fourth-order valence-electron chi connectivity index (χ4n) is 3.36. The maximum Gasteiger partial charge on any atom is 0.416 e. The van der Waals surface area contributed by atoms with Crippen LogP contribution in [0.5, 0.6) is 0 Å². The molecule has 4 nitrogen and oxygen atoms in total. The van der Waals surface area contributed by atoms with E-state index in [4.69, 9.17) is 0 Å². The molecule has 0 atom stereocenters. The average Bonchev–Trinajstić information content (AvgIpc) is 3.23. The third-order valence-corrected chi connectivity index (χ3v) is 5.96. The van der Waals surface area contributed by atoms with Crippen molar-refractivity contribution >= 4 is 17.2 Å². The first-order valence-electron chi connectivity index (χ1n) is 11.0. The van der Waals surface area contributed by atoms with E-state index in [9.17, 15) is 22.4 Å². The van der Waals surface area contributed by atoms with Gasteiger partial charge in [-0.15, -0.1) is 11.3 Å². The largest absolute Gasteiger partial charge is 0.416 e. The van der Waals surface area contributed by atoms with Crippen LogP contribution in [0.4, 0.5) is 17.6 Å². The molecule has 2 aromatic carbocycles. The Kier molecular flexibility index (Phi) is 8.79. The Balaban J connectivity index is 1.75. The Morgan fingerprint density at radius 3 is 2.44 bits per heavy atom. The van der Waals surface area contributed by atoms with Crippen molar-refractivity contribution in [3.63, 3.8) is 0 Å². The molecule has 0 saturated heterocycles. The van der Waals surface area contributed by atoms with E-state index in [0.717, 1.165) is 24.1 Å². The predicted octanol–water partition coefficient (Wildman–Crippen LogP) is 6.28. The zero-order valence-electron chi connectivity index (χ0n) is 19.0. The minimum Gasteiger partial charge on any atom is -0.351 e. The number of aromatic nitrogens is 1. The molecule has 3 aromatic rings. The lowest BCUT2D eigenvalue weighted by molar-refractivity contribution is -0.137. The number of nitrogens with one attached hydrogen (secondary N) is 1. The highest BCUT2D eigenvalue weighted by molar-refractivity contribution is 7.09. The van der Waals surface area contributed by atoms with Crippen molar-refractivity contribution in [1.29, 1.82) is 0 Å². The Morgan fingerprint density at radius 1 is 1.06 bits per heavy atom. The van der Waals surface area contributed by atoms with Crippen molar-refractivity contribution in [3.8, 4) is 0 Å². The predicted molar refractivity (Wildman–Crippen MR) is 125 cm³/mol. The van der Waals surface area contributed by atoms with Crippen LogP contribution in [-0.2, 0) is 25.8 Å². The van der Waals surface area contributed by atoms with Crippen LogP contribution in [-0.4, -0.2) is 22.3 Å². The van der Waals surface area contributed by atoms with Gasteiger partial charge in [-0.2, -0.15) is 13.2 Å². The Hall–Kier alpha value is -2.78. The van der Waals surface area contributed by atoms with E-state index in [1.165, 1.54) is 29.5 Å². The van der Waals surface area contributed by atoms with Crippen LogP contribution in [0, 0.1) is 11.7 Å². The Bertz CT molecular complexity index is 1080. The molecule has 0 aliphatic heterocycles. The Morgan fingerprint density at radius 2 is 1.76 bits per heavy atom. The highest BCUT2D eigenvalue weighted by atomic mass is 32.1. The van der Waals surface area contributed by atoms with Gasteiger partial charge in [0.05, 0.1) is 12.1 Å². The number of rotatable bonds is 10. The fraction of sp³-hybridized carbons (Fsp3) is 0.360. The molecular weight excluding hydrogens is 466 g/mol. The maximum absolute atomic E-state index is 13.3. The first kappa shape index (κ1) is 25.8. The van der Waals surface area contributed by atoms with Gasteiger partial charge in [-0.1, -0.05) is 44.2 Å². The quantitative estimate of drug-likeness (QED) is 0.338. The number of alkyl halides is 3. The molecule has 9 heteroatoms. The van der Waals surface area contributed by atoms with Crippen LogP contribution in [0.3, 0.4) is 0 Å². The van der Waals surface area contributed by atoms with Crippen LogP contribution in [0.25, 0.3) is 0 Å². The lowest BCUT2D eigenvalue weighted by Gasteiger charge is -2.22. The van der Waals surface area contributed by atoms with Gasteiger partial charge >= 0.3 is 6.18 Å². The zero-order chi connectivity index (χ0) is 24.7. The van der Waals surface area contributed by atoms with Gasteiger partial charge in [-0.3, -0.25) is 9.69 Å². The molecule has 34 heavy (non-hydrogen) atoms. The molecule has 0 aliphatic carbocycles. The van der Waals surface area contributed by atoms with E-state index in [0.29, 0.717) is 41.8 Å². The van der Waals surface area contributed by atoms with Crippen LogP contribution in [0.1, 0.15) is 52.5 Å². The standard InChI is InChI=1S/C25H27F4N3OS/c1-17(2)10-11-30-24(33)22-16-34-23(31-22)15-32(13-18-6-8-21(26)9-7-18)14-19-4-3-5-20(12-19)25(27,28)29/h3-9,12,16-17H,10-11,13-15H2,1-2H3,(H,30,33). The van der Waals surface area contributed by atoms with Crippen LogP contribution >= 0.6 is 11.3 Å². The highest BCUT2D eigenvalue weighted by Gasteiger charge is 2.30. The van der Waals surface area contributed by atoms with E-state index >= 15 is 0 Å². The molecular formula is C25H27F4N3OS. The molecule has 0 radical (unpaired) electrons. The molecule has 0 aliphatic rings. The van der Waals surface area contributed by atoms with Crippen LogP contribution in [0.2, 0.25) is 0 Å². The summed E-state index contributed by atoms with van der Waals surface area (Å²) in [6, 6.07) is 11.2. The SMILES string of the molecule is CC(C)CCNC(=O)c1csc(CN(Cc2ccc(F)cc2)Cc2cccc(C(F)(F)F)c2)n1. The topological polar surface area (TPSA) is 45.2 Å². The molecule has 1 amide bonds. The van der Waals surface area contributed by atoms with Gasteiger partial charge in [0, 0.05) is 25.0 Å². The second kappa shape index (κ2) is 11.6. The van der Waals surface area contributed by atoms with Crippen LogP contribution in [0.15, 0.2) is 53.9 Å². The maximum atomic E-state index is 13.3. The smallest absolute Gasteiger partial charge is 0.351 e. The summed E-state index contributed by atoms with van der Waals surface area (Å²) >= 11 is 1.32. The summed E-state index contributed by atoms with van der Waals surface area (Å²) in [6.45, 7) is 5.66. The lowest BCUT2D eigenvalue weighted by atomic mass is 10.1. The summed E-state index contributed by atoms with van der Waals surface area (Å²) in [7, 11) is 0. The van der Waals surface area contributed by atoms with Crippen molar-refractivity contribution in [2.75, 3.05) is 6.54 Å². The van der Waals surface area contributed by atoms with Gasteiger partial charge < -0.3 is 5.32 Å². The molecule has 1 N–H and O–H groups in total. The number of hydrogen-bond donors (Lipinski definition) is 1. The van der Waals surface area contributed by atoms with Crippen molar-refractivity contribution in [3.05, 3.63) is 87.1 Å². The third kappa shape index (κ3) is 7.92. The van der Waals surface area contributed by atoms with E-state index in [1.807, 2.05) is 4.90 Å². The number of thiazole rings is 1. The van der Waals surface area contributed by atoms with Gasteiger partial charge in [0.1, 0.15) is 16.5 Å². The first-order chi connectivity index (χ1) is 16.1. The second-order valence-electron chi connectivity index (χ2n) is 8.53. The number of carbonyl (C=O) groups excluding carboxylic acids is 1. The van der Waals surface area contributed by atoms with Crippen molar-refractivity contribution in [2.45, 2.75) is 46.1 Å². The number of hydrogen-bond acceptors (Lipinski definition) is 4.